The van der Waals surface area contributed by atoms with Gasteiger partial charge in [-0.1, -0.05) is 0 Å². The third kappa shape index (κ3) is 5.07. The van der Waals surface area contributed by atoms with Gasteiger partial charge in [0.2, 0.25) is 11.8 Å². The molecule has 2 N–H and O–H groups in total. The minimum atomic E-state index is -0.396. The molecule has 28 heavy (non-hydrogen) atoms. The molecule has 0 radical (unpaired) electrons. The van der Waals surface area contributed by atoms with E-state index in [1.165, 1.54) is 24.4 Å². The Bertz CT molecular complexity index is 878. The monoisotopic (exact) mass is 449 g/mol. The normalized spacial score (nSPS) is 16.6. The highest BCUT2D eigenvalue weighted by molar-refractivity contribution is 9.10. The van der Waals surface area contributed by atoms with Crippen LogP contribution < -0.4 is 10.5 Å². The predicted molar refractivity (Wildman–Crippen MR) is 105 cm³/mol. The number of nitrogens with zero attached hydrogens (tertiary/aromatic N) is 2. The second kappa shape index (κ2) is 9.14. The molecule has 0 bridgehead atoms. The summed E-state index contributed by atoms with van der Waals surface area (Å²) in [5, 5.41) is 0. The summed E-state index contributed by atoms with van der Waals surface area (Å²) in [6.07, 6.45) is 4.38. The lowest BCUT2D eigenvalue weighted by Gasteiger charge is -2.33. The molecule has 1 unspecified atom stereocenters. The summed E-state index contributed by atoms with van der Waals surface area (Å²) in [7, 11) is 0. The maximum atomic E-state index is 13.3. The molecule has 1 aliphatic rings. The molecule has 0 saturated carbocycles. The zero-order chi connectivity index (χ0) is 20.1. The van der Waals surface area contributed by atoms with Crippen LogP contribution in [0.2, 0.25) is 0 Å². The highest BCUT2D eigenvalue weighted by Crippen LogP contribution is 2.32. The Morgan fingerprint density at radius 2 is 2.18 bits per heavy atom. The summed E-state index contributed by atoms with van der Waals surface area (Å²) in [4.78, 5) is 30.1. The Hall–Kier alpha value is -2.48. The molecule has 1 aromatic carbocycles. The second-order valence-corrected chi connectivity index (χ2v) is 7.65. The summed E-state index contributed by atoms with van der Waals surface area (Å²) < 4.78 is 19.5. The number of piperidine rings is 1. The Kier molecular flexibility index (Phi) is 6.61. The SMILES string of the molecule is NC(=O)CCC1CCCN(C(=O)c2cccnc2Oc2ccc(F)cc2Br)C1. The van der Waals surface area contributed by atoms with E-state index in [0.29, 0.717) is 41.7 Å². The smallest absolute Gasteiger partial charge is 0.259 e. The number of ether oxygens (including phenoxy) is 1. The molecular weight excluding hydrogens is 429 g/mol. The molecule has 0 spiro atoms. The van der Waals surface area contributed by atoms with E-state index < -0.39 is 5.82 Å². The van der Waals surface area contributed by atoms with Crippen molar-refractivity contribution in [3.63, 3.8) is 0 Å². The fourth-order valence-corrected chi connectivity index (χ4v) is 3.73. The van der Waals surface area contributed by atoms with Crippen molar-refractivity contribution < 1.29 is 18.7 Å². The van der Waals surface area contributed by atoms with Crippen molar-refractivity contribution in [2.24, 2.45) is 11.7 Å². The van der Waals surface area contributed by atoms with Crippen LogP contribution >= 0.6 is 15.9 Å². The minimum Gasteiger partial charge on any atom is -0.437 e. The number of benzene rings is 1. The molecular formula is C20H21BrFN3O3. The number of primary amides is 1. The number of likely N-dealkylation sites (tertiary alicyclic amines) is 1. The number of hydrogen-bond donors (Lipinski definition) is 1. The molecule has 6 nitrogen and oxygen atoms in total. The van der Waals surface area contributed by atoms with Crippen LogP contribution in [0.5, 0.6) is 11.6 Å². The van der Waals surface area contributed by atoms with E-state index in [0.717, 1.165) is 12.8 Å². The third-order valence-corrected chi connectivity index (χ3v) is 5.33. The lowest BCUT2D eigenvalue weighted by atomic mass is 9.93. The van der Waals surface area contributed by atoms with Gasteiger partial charge < -0.3 is 15.4 Å². The van der Waals surface area contributed by atoms with E-state index in [9.17, 15) is 14.0 Å². The number of nitrogens with two attached hydrogens (primary N) is 1. The maximum absolute atomic E-state index is 13.3. The summed E-state index contributed by atoms with van der Waals surface area (Å²) in [5.41, 5.74) is 5.58. The van der Waals surface area contributed by atoms with Crippen LogP contribution in [-0.4, -0.2) is 34.8 Å². The average Bonchev–Trinajstić information content (AvgIpc) is 2.68. The van der Waals surface area contributed by atoms with Crippen LogP contribution in [-0.2, 0) is 4.79 Å². The van der Waals surface area contributed by atoms with Crippen LogP contribution in [0.4, 0.5) is 4.39 Å². The lowest BCUT2D eigenvalue weighted by Crippen LogP contribution is -2.40. The van der Waals surface area contributed by atoms with Crippen molar-refractivity contribution in [2.45, 2.75) is 25.7 Å². The summed E-state index contributed by atoms with van der Waals surface area (Å²) in [6.45, 7) is 1.21. The summed E-state index contributed by atoms with van der Waals surface area (Å²) in [5.74, 6) is -0.114. The topological polar surface area (TPSA) is 85.5 Å². The third-order valence-electron chi connectivity index (χ3n) is 4.71. The molecule has 0 aliphatic carbocycles. The number of carbonyl (C=O) groups is 2. The minimum absolute atomic E-state index is 0.166. The van der Waals surface area contributed by atoms with Crippen molar-refractivity contribution in [1.82, 2.24) is 9.88 Å². The number of amides is 2. The van der Waals surface area contributed by atoms with Gasteiger partial charge in [0, 0.05) is 25.7 Å². The number of halogens is 2. The van der Waals surface area contributed by atoms with E-state index in [-0.39, 0.29) is 23.6 Å². The number of pyridine rings is 1. The van der Waals surface area contributed by atoms with Gasteiger partial charge in [-0.15, -0.1) is 0 Å². The van der Waals surface area contributed by atoms with Gasteiger partial charge in [-0.05, 0) is 71.4 Å². The predicted octanol–water partition coefficient (Wildman–Crippen LogP) is 3.89. The molecule has 2 aromatic rings. The standard InChI is InChI=1S/C20H21BrFN3O3/c21-16-11-14(22)6-7-17(16)28-19-15(4-1-9-24-19)20(27)25-10-2-3-13(12-25)5-8-18(23)26/h1,4,6-7,9,11,13H,2-3,5,8,10,12H2,(H2,23,26). The number of rotatable bonds is 6. The van der Waals surface area contributed by atoms with Gasteiger partial charge in [0.1, 0.15) is 17.1 Å². The number of carbonyl (C=O) groups excluding carboxylic acids is 2. The van der Waals surface area contributed by atoms with Gasteiger partial charge in [0.05, 0.1) is 4.47 Å². The quantitative estimate of drug-likeness (QED) is 0.724. The van der Waals surface area contributed by atoms with Crippen molar-refractivity contribution in [2.75, 3.05) is 13.1 Å². The zero-order valence-corrected chi connectivity index (χ0v) is 16.8. The van der Waals surface area contributed by atoms with Gasteiger partial charge in [-0.25, -0.2) is 9.37 Å². The Balaban J connectivity index is 1.76. The molecule has 1 atom stereocenters. The van der Waals surface area contributed by atoms with E-state index in [1.807, 2.05) is 0 Å². The average molecular weight is 450 g/mol. The van der Waals surface area contributed by atoms with E-state index in [4.69, 9.17) is 10.5 Å². The van der Waals surface area contributed by atoms with Crippen LogP contribution in [0.1, 0.15) is 36.0 Å². The fraction of sp³-hybridized carbons (Fsp3) is 0.350. The van der Waals surface area contributed by atoms with Gasteiger partial charge in [-0.2, -0.15) is 0 Å². The van der Waals surface area contributed by atoms with Crippen molar-refractivity contribution >= 4 is 27.7 Å². The summed E-state index contributed by atoms with van der Waals surface area (Å²) >= 11 is 3.25. The van der Waals surface area contributed by atoms with Crippen molar-refractivity contribution in [1.29, 1.82) is 0 Å². The Morgan fingerprint density at radius 3 is 2.93 bits per heavy atom. The Labute approximate surface area is 171 Å². The second-order valence-electron chi connectivity index (χ2n) is 6.80. The first kappa shape index (κ1) is 20.3. The Morgan fingerprint density at radius 1 is 1.36 bits per heavy atom. The van der Waals surface area contributed by atoms with Crippen LogP contribution in [0, 0.1) is 11.7 Å². The highest BCUT2D eigenvalue weighted by atomic mass is 79.9. The fourth-order valence-electron chi connectivity index (χ4n) is 3.30. The molecule has 1 fully saturated rings. The van der Waals surface area contributed by atoms with Crippen LogP contribution in [0.3, 0.4) is 0 Å². The molecule has 8 heteroatoms. The molecule has 148 valence electrons. The largest absolute Gasteiger partial charge is 0.437 e. The molecule has 1 aromatic heterocycles. The van der Waals surface area contributed by atoms with Gasteiger partial charge in [-0.3, -0.25) is 9.59 Å². The first-order valence-electron chi connectivity index (χ1n) is 9.09. The molecule has 1 saturated heterocycles. The first-order valence-corrected chi connectivity index (χ1v) is 9.89. The van der Waals surface area contributed by atoms with Crippen LogP contribution in [0.25, 0.3) is 0 Å². The lowest BCUT2D eigenvalue weighted by molar-refractivity contribution is -0.118. The van der Waals surface area contributed by atoms with Gasteiger partial charge in [0.15, 0.2) is 0 Å². The van der Waals surface area contributed by atoms with Gasteiger partial charge in [0.25, 0.3) is 5.91 Å². The van der Waals surface area contributed by atoms with Gasteiger partial charge >= 0.3 is 0 Å². The first-order chi connectivity index (χ1) is 13.4. The van der Waals surface area contributed by atoms with Crippen molar-refractivity contribution in [3.05, 3.63) is 52.4 Å². The van der Waals surface area contributed by atoms with Crippen molar-refractivity contribution in [3.8, 4) is 11.6 Å². The van der Waals surface area contributed by atoms with E-state index in [1.54, 1.807) is 17.0 Å². The number of hydrogen-bond acceptors (Lipinski definition) is 4. The van der Waals surface area contributed by atoms with E-state index in [2.05, 4.69) is 20.9 Å². The maximum Gasteiger partial charge on any atom is 0.259 e. The highest BCUT2D eigenvalue weighted by Gasteiger charge is 2.27. The number of aromatic nitrogens is 1. The molecule has 1 aliphatic heterocycles. The van der Waals surface area contributed by atoms with E-state index >= 15 is 0 Å². The van der Waals surface area contributed by atoms with Crippen LogP contribution in [0.15, 0.2) is 41.0 Å². The molecule has 2 amide bonds. The molecule has 3 rings (SSSR count). The zero-order valence-electron chi connectivity index (χ0n) is 15.2. The summed E-state index contributed by atoms with van der Waals surface area (Å²) in [6, 6.07) is 7.37. The molecule has 2 heterocycles.